The van der Waals surface area contributed by atoms with Gasteiger partial charge in [-0.2, -0.15) is 0 Å². The number of aryl methyl sites for hydroxylation is 2. The summed E-state index contributed by atoms with van der Waals surface area (Å²) in [6, 6.07) is 14.5. The molecule has 156 valence electrons. The fraction of sp³-hybridized carbons (Fsp3) is 0.375. The summed E-state index contributed by atoms with van der Waals surface area (Å²) in [5.74, 6) is 1.68. The normalized spacial score (nSPS) is 16.9. The number of hydrogen-bond donors (Lipinski definition) is 1. The van der Waals surface area contributed by atoms with Crippen LogP contribution in [-0.4, -0.2) is 35.4 Å². The minimum absolute atomic E-state index is 0.0223. The van der Waals surface area contributed by atoms with E-state index in [0.29, 0.717) is 12.8 Å². The van der Waals surface area contributed by atoms with Crippen molar-refractivity contribution >= 4 is 16.6 Å². The van der Waals surface area contributed by atoms with Crippen molar-refractivity contribution in [2.75, 3.05) is 25.2 Å². The van der Waals surface area contributed by atoms with E-state index in [1.165, 1.54) is 11.1 Å². The van der Waals surface area contributed by atoms with E-state index in [1.54, 1.807) is 10.6 Å². The predicted octanol–water partition coefficient (Wildman–Crippen LogP) is 3.65. The van der Waals surface area contributed by atoms with Crippen LogP contribution in [0.15, 0.2) is 47.3 Å². The third kappa shape index (κ3) is 3.63. The minimum atomic E-state index is 0.0223. The number of benzene rings is 2. The van der Waals surface area contributed by atoms with E-state index < -0.39 is 0 Å². The van der Waals surface area contributed by atoms with Crippen LogP contribution in [0, 0.1) is 6.92 Å². The van der Waals surface area contributed by atoms with E-state index in [1.807, 2.05) is 19.2 Å². The molecule has 0 radical (unpaired) electrons. The molecule has 30 heavy (non-hydrogen) atoms. The zero-order valence-electron chi connectivity index (χ0n) is 17.5. The number of pyridine rings is 1. The second kappa shape index (κ2) is 7.69. The molecule has 0 aliphatic carbocycles. The average molecular weight is 405 g/mol. The Kier molecular flexibility index (Phi) is 4.87. The van der Waals surface area contributed by atoms with Crippen LogP contribution >= 0.6 is 0 Å². The summed E-state index contributed by atoms with van der Waals surface area (Å²) >= 11 is 0. The van der Waals surface area contributed by atoms with Crippen LogP contribution in [0.4, 0.5) is 5.69 Å². The largest absolute Gasteiger partial charge is 0.454 e. The van der Waals surface area contributed by atoms with Gasteiger partial charge in [0.15, 0.2) is 11.5 Å². The summed E-state index contributed by atoms with van der Waals surface area (Å²) in [5.41, 5.74) is 4.39. The Morgan fingerprint density at radius 3 is 2.67 bits per heavy atom. The van der Waals surface area contributed by atoms with Crippen molar-refractivity contribution in [2.45, 2.75) is 32.4 Å². The highest BCUT2D eigenvalue weighted by Gasteiger charge is 2.21. The molecule has 2 aliphatic rings. The third-order valence-corrected chi connectivity index (χ3v) is 6.19. The van der Waals surface area contributed by atoms with Crippen molar-refractivity contribution in [3.63, 3.8) is 0 Å². The van der Waals surface area contributed by atoms with Gasteiger partial charge in [0.1, 0.15) is 0 Å². The quantitative estimate of drug-likeness (QED) is 0.718. The maximum absolute atomic E-state index is 12.4. The number of anilines is 1. The molecule has 0 atom stereocenters. The van der Waals surface area contributed by atoms with Crippen LogP contribution in [0.2, 0.25) is 0 Å². The van der Waals surface area contributed by atoms with Crippen LogP contribution in [0.1, 0.15) is 24.0 Å². The third-order valence-electron chi connectivity index (χ3n) is 6.19. The summed E-state index contributed by atoms with van der Waals surface area (Å²) in [7, 11) is 1.83. The number of rotatable bonds is 4. The molecule has 2 aliphatic heterocycles. The van der Waals surface area contributed by atoms with E-state index in [0.717, 1.165) is 60.6 Å². The standard InChI is InChI=1S/C24H27N3O3/c1-16-3-5-21-19(11-16)20(13-24(28)26(21)2)25-18-7-9-27(10-8-18)14-17-4-6-22-23(12-17)30-15-29-22/h3-6,11-13,18,25H,7-10,14-15H2,1-2H3. The molecule has 5 rings (SSSR count). The molecule has 0 bridgehead atoms. The molecule has 3 aromatic rings. The van der Waals surface area contributed by atoms with Crippen molar-refractivity contribution in [1.29, 1.82) is 0 Å². The van der Waals surface area contributed by atoms with Gasteiger partial charge in [-0.15, -0.1) is 0 Å². The van der Waals surface area contributed by atoms with Gasteiger partial charge in [-0.1, -0.05) is 17.7 Å². The Balaban J connectivity index is 1.26. The molecule has 0 saturated carbocycles. The molecule has 1 aromatic heterocycles. The first-order valence-corrected chi connectivity index (χ1v) is 10.5. The summed E-state index contributed by atoms with van der Waals surface area (Å²) in [6.45, 7) is 5.36. The van der Waals surface area contributed by atoms with E-state index >= 15 is 0 Å². The maximum atomic E-state index is 12.4. The molecule has 0 spiro atoms. The Morgan fingerprint density at radius 2 is 1.83 bits per heavy atom. The highest BCUT2D eigenvalue weighted by atomic mass is 16.7. The highest BCUT2D eigenvalue weighted by Crippen LogP contribution is 2.33. The van der Waals surface area contributed by atoms with E-state index in [-0.39, 0.29) is 5.56 Å². The number of fused-ring (bicyclic) bond motifs is 2. The van der Waals surface area contributed by atoms with Crippen molar-refractivity contribution in [3.05, 3.63) is 63.9 Å². The second-order valence-electron chi connectivity index (χ2n) is 8.36. The number of piperidine rings is 1. The van der Waals surface area contributed by atoms with Gasteiger partial charge in [-0.05, 0) is 49.6 Å². The van der Waals surface area contributed by atoms with Crippen LogP contribution in [0.5, 0.6) is 11.5 Å². The number of likely N-dealkylation sites (tertiary alicyclic amines) is 1. The minimum Gasteiger partial charge on any atom is -0.454 e. The fourth-order valence-corrected chi connectivity index (χ4v) is 4.45. The summed E-state index contributed by atoms with van der Waals surface area (Å²) in [5, 5.41) is 4.77. The number of nitrogens with one attached hydrogen (secondary N) is 1. The summed E-state index contributed by atoms with van der Waals surface area (Å²) < 4.78 is 12.6. The molecular weight excluding hydrogens is 378 g/mol. The molecule has 0 amide bonds. The van der Waals surface area contributed by atoms with Gasteiger partial charge >= 0.3 is 0 Å². The lowest BCUT2D eigenvalue weighted by atomic mass is 10.0. The van der Waals surface area contributed by atoms with Gasteiger partial charge in [0.05, 0.1) is 5.52 Å². The zero-order valence-corrected chi connectivity index (χ0v) is 17.5. The molecule has 1 saturated heterocycles. The fourth-order valence-electron chi connectivity index (χ4n) is 4.45. The highest BCUT2D eigenvalue weighted by molar-refractivity contribution is 5.92. The average Bonchev–Trinajstić information content (AvgIpc) is 3.21. The molecule has 2 aromatic carbocycles. The summed E-state index contributed by atoms with van der Waals surface area (Å²) in [6.07, 6.45) is 2.10. The lowest BCUT2D eigenvalue weighted by molar-refractivity contribution is 0.173. The van der Waals surface area contributed by atoms with Crippen molar-refractivity contribution in [1.82, 2.24) is 9.47 Å². The zero-order chi connectivity index (χ0) is 20.7. The number of hydrogen-bond acceptors (Lipinski definition) is 5. The lowest BCUT2D eigenvalue weighted by Gasteiger charge is -2.33. The Morgan fingerprint density at radius 1 is 1.03 bits per heavy atom. The van der Waals surface area contributed by atoms with Gasteiger partial charge in [0.2, 0.25) is 6.79 Å². The van der Waals surface area contributed by atoms with Gasteiger partial charge < -0.3 is 19.4 Å². The molecular formula is C24H27N3O3. The van der Waals surface area contributed by atoms with Crippen molar-refractivity contribution < 1.29 is 9.47 Å². The SMILES string of the molecule is Cc1ccc2c(c1)c(NC1CCN(Cc3ccc4c(c3)OCO4)CC1)cc(=O)n2C. The van der Waals surface area contributed by atoms with Crippen LogP contribution in [0.25, 0.3) is 10.9 Å². The molecule has 3 heterocycles. The first-order chi connectivity index (χ1) is 14.6. The predicted molar refractivity (Wildman–Crippen MR) is 118 cm³/mol. The number of ether oxygens (including phenoxy) is 2. The molecule has 1 fully saturated rings. The topological polar surface area (TPSA) is 55.7 Å². The Bertz CT molecular complexity index is 1150. The van der Waals surface area contributed by atoms with Crippen LogP contribution < -0.4 is 20.3 Å². The first kappa shape index (κ1) is 19.0. The monoisotopic (exact) mass is 405 g/mol. The van der Waals surface area contributed by atoms with Crippen molar-refractivity contribution in [2.24, 2.45) is 7.05 Å². The number of nitrogens with zero attached hydrogens (tertiary/aromatic N) is 2. The molecule has 1 N–H and O–H groups in total. The molecule has 6 heteroatoms. The van der Waals surface area contributed by atoms with Gasteiger partial charge in [-0.25, -0.2) is 0 Å². The van der Waals surface area contributed by atoms with Gasteiger partial charge in [0.25, 0.3) is 5.56 Å². The van der Waals surface area contributed by atoms with Crippen LogP contribution in [0.3, 0.4) is 0 Å². The molecule has 0 unspecified atom stereocenters. The van der Waals surface area contributed by atoms with E-state index in [4.69, 9.17) is 9.47 Å². The second-order valence-corrected chi connectivity index (χ2v) is 8.36. The first-order valence-electron chi connectivity index (χ1n) is 10.5. The van der Waals surface area contributed by atoms with E-state index in [2.05, 4.69) is 41.4 Å². The lowest BCUT2D eigenvalue weighted by Crippen LogP contribution is -2.38. The van der Waals surface area contributed by atoms with Crippen LogP contribution in [-0.2, 0) is 13.6 Å². The smallest absolute Gasteiger partial charge is 0.252 e. The van der Waals surface area contributed by atoms with E-state index in [9.17, 15) is 4.79 Å². The molecule has 6 nitrogen and oxygen atoms in total. The van der Waals surface area contributed by atoms with Gasteiger partial charge in [-0.3, -0.25) is 9.69 Å². The Labute approximate surface area is 176 Å². The maximum Gasteiger partial charge on any atom is 0.252 e. The summed E-state index contributed by atoms with van der Waals surface area (Å²) in [4.78, 5) is 14.9. The number of aromatic nitrogens is 1. The van der Waals surface area contributed by atoms with Gasteiger partial charge in [0, 0.05) is 49.9 Å². The van der Waals surface area contributed by atoms with Crippen molar-refractivity contribution in [3.8, 4) is 11.5 Å². The Hall–Kier alpha value is -2.99.